The molecule has 1 aromatic rings. The van der Waals surface area contributed by atoms with Crippen molar-refractivity contribution < 1.29 is 4.63 Å². The van der Waals surface area contributed by atoms with Gasteiger partial charge in [-0.2, -0.15) is 0 Å². The third-order valence-electron chi connectivity index (χ3n) is 2.83. The molecule has 0 aromatic carbocycles. The van der Waals surface area contributed by atoms with Crippen molar-refractivity contribution in [3.05, 3.63) is 11.4 Å². The molecule has 13 heavy (non-hydrogen) atoms. The average Bonchev–Trinajstić information content (AvgIpc) is 2.74. The quantitative estimate of drug-likeness (QED) is 0.702. The number of hydrogen-bond donors (Lipinski definition) is 0. The minimum absolute atomic E-state index is 0.432. The lowest BCUT2D eigenvalue weighted by Gasteiger charge is -2.07. The largest absolute Gasteiger partial charge is 0.244 e. The Hall–Kier alpha value is -0.860. The fourth-order valence-corrected chi connectivity index (χ4v) is 2.09. The van der Waals surface area contributed by atoms with E-state index in [0.29, 0.717) is 11.8 Å². The topological polar surface area (TPSA) is 38.9 Å². The average molecular weight is 180 g/mol. The van der Waals surface area contributed by atoms with Gasteiger partial charge in [-0.15, -0.1) is 0 Å². The van der Waals surface area contributed by atoms with Gasteiger partial charge in [-0.1, -0.05) is 37.0 Å². The van der Waals surface area contributed by atoms with Crippen LogP contribution >= 0.6 is 0 Å². The van der Waals surface area contributed by atoms with Crippen LogP contribution in [0.4, 0.5) is 0 Å². The van der Waals surface area contributed by atoms with Gasteiger partial charge in [0.2, 0.25) is 0 Å². The molecule has 1 saturated carbocycles. The van der Waals surface area contributed by atoms with Crippen molar-refractivity contribution in [2.24, 2.45) is 0 Å². The molecule has 2 rings (SSSR count). The summed E-state index contributed by atoms with van der Waals surface area (Å²) in [6.45, 7) is 4.27. The summed E-state index contributed by atoms with van der Waals surface area (Å²) in [5, 5.41) is 8.01. The van der Waals surface area contributed by atoms with E-state index in [1.54, 1.807) is 0 Å². The maximum absolute atomic E-state index is 4.82. The molecular formula is C10H16N2O. The maximum atomic E-state index is 4.82. The zero-order valence-electron chi connectivity index (χ0n) is 8.29. The van der Waals surface area contributed by atoms with Crippen molar-refractivity contribution in [3.63, 3.8) is 0 Å². The van der Waals surface area contributed by atoms with Crippen LogP contribution in [0.25, 0.3) is 0 Å². The highest BCUT2D eigenvalue weighted by Crippen LogP contribution is 2.35. The van der Waals surface area contributed by atoms with E-state index in [0.717, 1.165) is 11.4 Å². The van der Waals surface area contributed by atoms with Crippen LogP contribution in [-0.4, -0.2) is 10.3 Å². The van der Waals surface area contributed by atoms with Crippen LogP contribution in [-0.2, 0) is 0 Å². The molecule has 0 amide bonds. The number of aromatic nitrogens is 2. The molecule has 72 valence electrons. The molecule has 0 aliphatic heterocycles. The Kier molecular flexibility index (Phi) is 2.34. The highest BCUT2D eigenvalue weighted by Gasteiger charge is 2.25. The third kappa shape index (κ3) is 1.60. The van der Waals surface area contributed by atoms with Crippen LogP contribution < -0.4 is 0 Å². The SMILES string of the molecule is CC(C)c1nonc1C1CCCC1. The van der Waals surface area contributed by atoms with Crippen molar-refractivity contribution in [3.8, 4) is 0 Å². The lowest BCUT2D eigenvalue weighted by atomic mass is 9.97. The van der Waals surface area contributed by atoms with Crippen LogP contribution in [0.15, 0.2) is 4.63 Å². The van der Waals surface area contributed by atoms with E-state index in [1.807, 2.05) is 0 Å². The van der Waals surface area contributed by atoms with Crippen LogP contribution in [0.5, 0.6) is 0 Å². The Morgan fingerprint density at radius 2 is 1.92 bits per heavy atom. The highest BCUT2D eigenvalue weighted by atomic mass is 16.6. The zero-order valence-corrected chi connectivity index (χ0v) is 8.29. The predicted octanol–water partition coefficient (Wildman–Crippen LogP) is 2.85. The van der Waals surface area contributed by atoms with Crippen molar-refractivity contribution in [1.82, 2.24) is 10.3 Å². The summed E-state index contributed by atoms with van der Waals surface area (Å²) in [6.07, 6.45) is 5.17. The summed E-state index contributed by atoms with van der Waals surface area (Å²) in [7, 11) is 0. The van der Waals surface area contributed by atoms with Crippen molar-refractivity contribution >= 4 is 0 Å². The smallest absolute Gasteiger partial charge is 0.111 e. The van der Waals surface area contributed by atoms with Gasteiger partial charge in [-0.05, 0) is 12.8 Å². The summed E-state index contributed by atoms with van der Waals surface area (Å²) in [5.41, 5.74) is 2.18. The van der Waals surface area contributed by atoms with Crippen LogP contribution in [0.3, 0.4) is 0 Å². The Bertz CT molecular complexity index is 274. The fraction of sp³-hybridized carbons (Fsp3) is 0.800. The Morgan fingerprint density at radius 3 is 2.54 bits per heavy atom. The van der Waals surface area contributed by atoms with Crippen LogP contribution in [0.1, 0.15) is 62.8 Å². The summed E-state index contributed by atoms with van der Waals surface area (Å²) in [6, 6.07) is 0. The van der Waals surface area contributed by atoms with Gasteiger partial charge in [0.15, 0.2) is 0 Å². The standard InChI is InChI=1S/C10H16N2O/c1-7(2)9-10(12-13-11-9)8-5-3-4-6-8/h7-8H,3-6H2,1-2H3. The summed E-state index contributed by atoms with van der Waals surface area (Å²) >= 11 is 0. The molecule has 0 atom stereocenters. The second kappa shape index (κ2) is 3.48. The lowest BCUT2D eigenvalue weighted by molar-refractivity contribution is 0.297. The van der Waals surface area contributed by atoms with Gasteiger partial charge < -0.3 is 0 Å². The van der Waals surface area contributed by atoms with Crippen LogP contribution in [0.2, 0.25) is 0 Å². The maximum Gasteiger partial charge on any atom is 0.111 e. The minimum atomic E-state index is 0.432. The van der Waals surface area contributed by atoms with Gasteiger partial charge in [-0.25, -0.2) is 4.63 Å². The van der Waals surface area contributed by atoms with Gasteiger partial charge in [0, 0.05) is 11.8 Å². The van der Waals surface area contributed by atoms with E-state index in [2.05, 4.69) is 24.2 Å². The van der Waals surface area contributed by atoms with Gasteiger partial charge in [0.05, 0.1) is 0 Å². The van der Waals surface area contributed by atoms with Crippen molar-refractivity contribution in [2.75, 3.05) is 0 Å². The number of nitrogens with zero attached hydrogens (tertiary/aromatic N) is 2. The normalized spacial score (nSPS) is 18.7. The molecule has 3 heteroatoms. The second-order valence-electron chi connectivity index (χ2n) is 4.17. The predicted molar refractivity (Wildman–Crippen MR) is 49.6 cm³/mol. The molecule has 1 fully saturated rings. The lowest BCUT2D eigenvalue weighted by Crippen LogP contribution is -2.00. The van der Waals surface area contributed by atoms with Gasteiger partial charge >= 0.3 is 0 Å². The molecule has 3 nitrogen and oxygen atoms in total. The van der Waals surface area contributed by atoms with Gasteiger partial charge in [-0.3, -0.25) is 0 Å². The van der Waals surface area contributed by atoms with E-state index < -0.39 is 0 Å². The first kappa shape index (κ1) is 8.73. The third-order valence-corrected chi connectivity index (χ3v) is 2.83. The minimum Gasteiger partial charge on any atom is -0.244 e. The van der Waals surface area contributed by atoms with E-state index in [-0.39, 0.29) is 0 Å². The molecular weight excluding hydrogens is 164 g/mol. The number of hydrogen-bond acceptors (Lipinski definition) is 3. The van der Waals surface area contributed by atoms with Crippen LogP contribution in [0, 0.1) is 0 Å². The molecule has 0 unspecified atom stereocenters. The fourth-order valence-electron chi connectivity index (χ4n) is 2.09. The Labute approximate surface area is 78.5 Å². The highest BCUT2D eigenvalue weighted by molar-refractivity contribution is 5.17. The van der Waals surface area contributed by atoms with E-state index in [9.17, 15) is 0 Å². The molecule has 1 aliphatic rings. The zero-order chi connectivity index (χ0) is 9.26. The molecule has 1 aromatic heterocycles. The molecule has 0 saturated heterocycles. The van der Waals surface area contributed by atoms with E-state index in [1.165, 1.54) is 25.7 Å². The molecule has 1 aliphatic carbocycles. The molecule has 0 spiro atoms. The first-order chi connectivity index (χ1) is 6.29. The Balaban J connectivity index is 2.23. The number of rotatable bonds is 2. The Morgan fingerprint density at radius 1 is 1.23 bits per heavy atom. The molecule has 0 N–H and O–H groups in total. The van der Waals surface area contributed by atoms with Crippen molar-refractivity contribution in [1.29, 1.82) is 0 Å². The van der Waals surface area contributed by atoms with Gasteiger partial charge in [0.1, 0.15) is 11.4 Å². The first-order valence-corrected chi connectivity index (χ1v) is 5.11. The molecule has 0 radical (unpaired) electrons. The first-order valence-electron chi connectivity index (χ1n) is 5.11. The van der Waals surface area contributed by atoms with E-state index >= 15 is 0 Å². The summed E-state index contributed by atoms with van der Waals surface area (Å²) in [5.74, 6) is 1.05. The monoisotopic (exact) mass is 180 g/mol. The summed E-state index contributed by atoms with van der Waals surface area (Å²) in [4.78, 5) is 0. The molecule has 0 bridgehead atoms. The molecule has 1 heterocycles. The van der Waals surface area contributed by atoms with Crippen molar-refractivity contribution in [2.45, 2.75) is 51.4 Å². The second-order valence-corrected chi connectivity index (χ2v) is 4.17. The summed E-state index contributed by atoms with van der Waals surface area (Å²) < 4.78 is 4.82. The van der Waals surface area contributed by atoms with E-state index in [4.69, 9.17) is 4.63 Å². The van der Waals surface area contributed by atoms with Gasteiger partial charge in [0.25, 0.3) is 0 Å².